The zero-order valence-corrected chi connectivity index (χ0v) is 30.5. The molecule has 1 aliphatic rings. The molecular formula is C34H46F3N7O4Si. The van der Waals surface area contributed by atoms with Gasteiger partial charge >= 0.3 is 12.3 Å². The first kappa shape index (κ1) is 36.3. The van der Waals surface area contributed by atoms with Crippen LogP contribution in [0.5, 0.6) is 5.75 Å². The van der Waals surface area contributed by atoms with Crippen molar-refractivity contribution in [2.24, 2.45) is 0 Å². The van der Waals surface area contributed by atoms with Gasteiger partial charge in [0.05, 0.1) is 24.9 Å². The molecule has 0 bridgehead atoms. The van der Waals surface area contributed by atoms with E-state index < -0.39 is 26.3 Å². The Kier molecular flexibility index (Phi) is 10.4. The first-order valence-corrected chi connectivity index (χ1v) is 20.2. The Morgan fingerprint density at radius 1 is 1.08 bits per heavy atom. The number of likely N-dealkylation sites (tertiary alicyclic amines) is 1. The second-order valence-electron chi connectivity index (χ2n) is 14.8. The minimum absolute atomic E-state index is 0.0202. The quantitative estimate of drug-likeness (QED) is 0.124. The van der Waals surface area contributed by atoms with Crippen LogP contribution in [-0.4, -0.2) is 87.0 Å². The summed E-state index contributed by atoms with van der Waals surface area (Å²) in [6.45, 7) is 15.7. The molecule has 0 aromatic carbocycles. The Bertz CT molecular complexity index is 1790. The summed E-state index contributed by atoms with van der Waals surface area (Å²) in [4.78, 5) is 23.2. The van der Waals surface area contributed by atoms with Crippen molar-refractivity contribution in [3.8, 4) is 28.4 Å². The number of alkyl halides is 3. The largest absolute Gasteiger partial charge is 0.493 e. The Hall–Kier alpha value is -3.98. The lowest BCUT2D eigenvalue weighted by atomic mass is 9.87. The number of carbonyl (C=O) groups is 1. The van der Waals surface area contributed by atoms with Crippen molar-refractivity contribution < 1.29 is 32.2 Å². The van der Waals surface area contributed by atoms with Gasteiger partial charge in [0.2, 0.25) is 0 Å². The Morgan fingerprint density at radius 3 is 2.41 bits per heavy atom. The maximum absolute atomic E-state index is 14.3. The summed E-state index contributed by atoms with van der Waals surface area (Å²) in [5.74, 6) is 0.502. The Labute approximate surface area is 285 Å². The van der Waals surface area contributed by atoms with Gasteiger partial charge in [-0.15, -0.1) is 0 Å². The Morgan fingerprint density at radius 2 is 1.80 bits per heavy atom. The summed E-state index contributed by atoms with van der Waals surface area (Å²) in [5, 5.41) is 8.95. The molecule has 0 N–H and O–H groups in total. The van der Waals surface area contributed by atoms with Gasteiger partial charge in [-0.1, -0.05) is 19.6 Å². The molecule has 0 aliphatic carbocycles. The van der Waals surface area contributed by atoms with Crippen LogP contribution in [0.3, 0.4) is 0 Å². The van der Waals surface area contributed by atoms with Crippen molar-refractivity contribution in [2.75, 3.05) is 26.8 Å². The number of hydrogen-bond donors (Lipinski definition) is 0. The van der Waals surface area contributed by atoms with Crippen molar-refractivity contribution in [1.29, 1.82) is 0 Å². The van der Waals surface area contributed by atoms with E-state index in [1.54, 1.807) is 29.4 Å². The standard InChI is InChI=1S/C34H46F3N7O4Si/c1-22-15-27(38-18-26(22)23-9-11-42(12-10-23)32(45)48-33(2,3)4)29-25(17-34(35,36)37)30(44(41-29)21-47-13-14-49(6,7)8)24-16-28(46-5)31-39-20-40-43(31)19-24/h15-16,18-20,23H,9-14,17,21H2,1-8H3. The van der Waals surface area contributed by atoms with Gasteiger partial charge in [-0.3, -0.25) is 4.98 Å². The number of rotatable bonds is 10. The molecular weight excluding hydrogens is 655 g/mol. The lowest BCUT2D eigenvalue weighted by Crippen LogP contribution is -2.41. The van der Waals surface area contributed by atoms with Crippen molar-refractivity contribution >= 4 is 19.8 Å². The molecule has 0 saturated carbocycles. The van der Waals surface area contributed by atoms with Crippen molar-refractivity contribution in [1.82, 2.24) is 34.3 Å². The molecule has 49 heavy (non-hydrogen) atoms. The SMILES string of the molecule is COc1cc(-c2c(CC(F)(F)F)c(-c3cc(C)c(C4CCN(C(=O)OC(C)(C)C)CC4)cn3)nn2COCC[Si](C)(C)C)cn2ncnc12. The second-order valence-corrected chi connectivity index (χ2v) is 20.4. The number of hydrogen-bond acceptors (Lipinski definition) is 8. The molecule has 0 spiro atoms. The summed E-state index contributed by atoms with van der Waals surface area (Å²) >= 11 is 0. The van der Waals surface area contributed by atoms with Crippen LogP contribution in [0.25, 0.3) is 28.3 Å². The molecule has 0 unspecified atom stereocenters. The smallest absolute Gasteiger partial charge is 0.410 e. The van der Waals surface area contributed by atoms with E-state index in [2.05, 4.69) is 29.7 Å². The van der Waals surface area contributed by atoms with Crippen LogP contribution >= 0.6 is 0 Å². The molecule has 15 heteroatoms. The number of ether oxygens (including phenoxy) is 3. The third kappa shape index (κ3) is 8.98. The zero-order valence-electron chi connectivity index (χ0n) is 29.5. The number of pyridine rings is 2. The van der Waals surface area contributed by atoms with Gasteiger partial charge in [-0.05, 0) is 75.8 Å². The van der Waals surface area contributed by atoms with Crippen LogP contribution < -0.4 is 4.74 Å². The number of aromatic nitrogens is 6. The van der Waals surface area contributed by atoms with Gasteiger partial charge in [0, 0.05) is 51.3 Å². The van der Waals surface area contributed by atoms with Gasteiger partial charge in [0.25, 0.3) is 0 Å². The van der Waals surface area contributed by atoms with Crippen LogP contribution in [-0.2, 0) is 22.6 Å². The number of methoxy groups -OCH3 is 1. The second kappa shape index (κ2) is 14.1. The van der Waals surface area contributed by atoms with E-state index in [0.29, 0.717) is 42.4 Å². The van der Waals surface area contributed by atoms with Crippen molar-refractivity contribution in [3.63, 3.8) is 0 Å². The third-order valence-corrected chi connectivity index (χ3v) is 10.2. The number of halogens is 3. The van der Waals surface area contributed by atoms with Gasteiger partial charge in [0.15, 0.2) is 11.4 Å². The van der Waals surface area contributed by atoms with E-state index in [4.69, 9.17) is 24.3 Å². The maximum atomic E-state index is 14.3. The van der Waals surface area contributed by atoms with Crippen molar-refractivity contribution in [3.05, 3.63) is 47.5 Å². The van der Waals surface area contributed by atoms with Crippen LogP contribution in [0.15, 0.2) is 30.9 Å². The number of amides is 1. The highest BCUT2D eigenvalue weighted by Crippen LogP contribution is 2.39. The molecule has 1 aliphatic heterocycles. The highest BCUT2D eigenvalue weighted by Gasteiger charge is 2.35. The number of nitrogens with zero attached hydrogens (tertiary/aromatic N) is 7. The molecule has 5 rings (SSSR count). The Balaban J connectivity index is 1.52. The predicted octanol–water partition coefficient (Wildman–Crippen LogP) is 7.50. The highest BCUT2D eigenvalue weighted by atomic mass is 28.3. The van der Waals surface area contributed by atoms with Crippen LogP contribution in [0.4, 0.5) is 18.0 Å². The fourth-order valence-electron chi connectivity index (χ4n) is 6.02. The molecule has 5 heterocycles. The first-order valence-electron chi connectivity index (χ1n) is 16.5. The maximum Gasteiger partial charge on any atom is 0.410 e. The van der Waals surface area contributed by atoms with E-state index >= 15 is 0 Å². The lowest BCUT2D eigenvalue weighted by Gasteiger charge is -2.34. The normalized spacial score (nSPS) is 14.9. The average molecular weight is 702 g/mol. The zero-order chi connectivity index (χ0) is 35.7. The fraction of sp³-hybridized carbons (Fsp3) is 0.559. The summed E-state index contributed by atoms with van der Waals surface area (Å²) in [7, 11) is 0.0567. The minimum atomic E-state index is -4.53. The van der Waals surface area contributed by atoms with Crippen molar-refractivity contribution in [2.45, 2.75) is 97.1 Å². The average Bonchev–Trinajstić information content (AvgIpc) is 3.61. The van der Waals surface area contributed by atoms with E-state index in [-0.39, 0.29) is 35.7 Å². The topological polar surface area (TPSA) is 109 Å². The molecule has 0 atom stereocenters. The number of fused-ring (bicyclic) bond motifs is 1. The highest BCUT2D eigenvalue weighted by molar-refractivity contribution is 6.76. The van der Waals surface area contributed by atoms with E-state index in [1.165, 1.54) is 22.6 Å². The minimum Gasteiger partial charge on any atom is -0.493 e. The number of aryl methyl sites for hydroxylation is 1. The van der Waals surface area contributed by atoms with Gasteiger partial charge in [0.1, 0.15) is 24.4 Å². The van der Waals surface area contributed by atoms with E-state index in [1.807, 2.05) is 27.7 Å². The number of piperidine rings is 1. The monoisotopic (exact) mass is 701 g/mol. The van der Waals surface area contributed by atoms with Crippen LogP contribution in [0.1, 0.15) is 56.2 Å². The van der Waals surface area contributed by atoms with Gasteiger partial charge in [-0.2, -0.15) is 23.4 Å². The molecule has 1 saturated heterocycles. The summed E-state index contributed by atoms with van der Waals surface area (Å²) in [5.41, 5.74) is 2.88. The van der Waals surface area contributed by atoms with E-state index in [0.717, 1.165) is 30.0 Å². The molecule has 11 nitrogen and oxygen atoms in total. The van der Waals surface area contributed by atoms with Crippen LogP contribution in [0.2, 0.25) is 25.7 Å². The third-order valence-electron chi connectivity index (χ3n) is 8.45. The summed E-state index contributed by atoms with van der Waals surface area (Å²) in [6, 6.07) is 4.34. The molecule has 0 radical (unpaired) electrons. The summed E-state index contributed by atoms with van der Waals surface area (Å²) in [6.07, 6.45) is 0.0746. The first-order chi connectivity index (χ1) is 22.9. The van der Waals surface area contributed by atoms with Crippen LogP contribution in [0, 0.1) is 6.92 Å². The van der Waals surface area contributed by atoms with E-state index in [9.17, 15) is 18.0 Å². The molecule has 1 fully saturated rings. The lowest BCUT2D eigenvalue weighted by molar-refractivity contribution is -0.127. The molecule has 1 amide bonds. The molecule has 4 aromatic heterocycles. The fourth-order valence-corrected chi connectivity index (χ4v) is 6.77. The molecule has 266 valence electrons. The molecule has 4 aromatic rings. The number of carbonyl (C=O) groups excluding carboxylic acids is 1. The van der Waals surface area contributed by atoms with Gasteiger partial charge < -0.3 is 19.1 Å². The predicted molar refractivity (Wildman–Crippen MR) is 182 cm³/mol. The summed E-state index contributed by atoms with van der Waals surface area (Å²) < 4.78 is 63.0. The van der Waals surface area contributed by atoms with Gasteiger partial charge in [-0.25, -0.2) is 19.0 Å².